The van der Waals surface area contributed by atoms with E-state index in [0.29, 0.717) is 12.5 Å². The molecule has 6 nitrogen and oxygen atoms in total. The lowest BCUT2D eigenvalue weighted by Crippen LogP contribution is -2.32. The summed E-state index contributed by atoms with van der Waals surface area (Å²) in [6, 6.07) is 3.74. The number of hydrogen-bond acceptors (Lipinski definition) is 5. The van der Waals surface area contributed by atoms with Crippen molar-refractivity contribution in [3.05, 3.63) is 40.6 Å². The third kappa shape index (κ3) is 3.70. The number of aryl methyl sites for hydroxylation is 1. The summed E-state index contributed by atoms with van der Waals surface area (Å²) < 4.78 is 5.52. The highest BCUT2D eigenvalue weighted by molar-refractivity contribution is 6.33. The molecule has 0 N–H and O–H groups in total. The van der Waals surface area contributed by atoms with Crippen molar-refractivity contribution in [2.24, 2.45) is 0 Å². The van der Waals surface area contributed by atoms with Crippen LogP contribution in [0.15, 0.2) is 22.7 Å². The quantitative estimate of drug-likeness (QED) is 0.848. The molecule has 7 heteroatoms. The lowest BCUT2D eigenvalue weighted by Gasteiger charge is -2.27. The summed E-state index contributed by atoms with van der Waals surface area (Å²) in [6.45, 7) is 4.07. The smallest absolute Gasteiger partial charge is 0.274 e. The van der Waals surface area contributed by atoms with E-state index in [4.69, 9.17) is 16.0 Å². The van der Waals surface area contributed by atoms with Gasteiger partial charge in [0.05, 0.1) is 17.8 Å². The van der Waals surface area contributed by atoms with E-state index in [2.05, 4.69) is 14.9 Å². The minimum Gasteiger partial charge on any atom is -0.464 e. The number of aromatic nitrogens is 2. The van der Waals surface area contributed by atoms with Crippen molar-refractivity contribution in [2.45, 2.75) is 32.7 Å². The van der Waals surface area contributed by atoms with Crippen LogP contribution in [-0.4, -0.2) is 40.9 Å². The first-order chi connectivity index (χ1) is 11.5. The fourth-order valence-electron chi connectivity index (χ4n) is 2.81. The first-order valence-electron chi connectivity index (χ1n) is 8.13. The number of rotatable bonds is 4. The first-order valence-corrected chi connectivity index (χ1v) is 8.50. The average Bonchev–Trinajstić information content (AvgIpc) is 3.00. The van der Waals surface area contributed by atoms with Gasteiger partial charge >= 0.3 is 0 Å². The zero-order valence-corrected chi connectivity index (χ0v) is 14.7. The standard InChI is InChI=1S/C17H21ClN4O2/c1-12-6-7-13(24-12)11-21(2)16(23)15-14(18)10-19-17(20-15)22-8-4-3-5-9-22/h6-7,10H,3-5,8-9,11H2,1-2H3. The normalized spacial score (nSPS) is 14.7. The molecule has 24 heavy (non-hydrogen) atoms. The zero-order valence-electron chi connectivity index (χ0n) is 14.0. The van der Waals surface area contributed by atoms with E-state index in [1.165, 1.54) is 12.6 Å². The van der Waals surface area contributed by atoms with Crippen molar-refractivity contribution in [1.82, 2.24) is 14.9 Å². The van der Waals surface area contributed by atoms with Crippen LogP contribution >= 0.6 is 11.6 Å². The van der Waals surface area contributed by atoms with Crippen LogP contribution in [0.1, 0.15) is 41.3 Å². The Bertz CT molecular complexity index is 725. The molecule has 0 aromatic carbocycles. The van der Waals surface area contributed by atoms with Crippen LogP contribution in [0.3, 0.4) is 0 Å². The van der Waals surface area contributed by atoms with Crippen LogP contribution in [0, 0.1) is 6.92 Å². The van der Waals surface area contributed by atoms with Crippen LogP contribution in [0.4, 0.5) is 5.95 Å². The van der Waals surface area contributed by atoms with Gasteiger partial charge in [0.2, 0.25) is 5.95 Å². The number of furan rings is 1. The van der Waals surface area contributed by atoms with Crippen molar-refractivity contribution in [3.8, 4) is 0 Å². The summed E-state index contributed by atoms with van der Waals surface area (Å²) >= 11 is 6.17. The zero-order chi connectivity index (χ0) is 17.1. The molecule has 3 rings (SSSR count). The highest BCUT2D eigenvalue weighted by Gasteiger charge is 2.22. The summed E-state index contributed by atoms with van der Waals surface area (Å²) in [7, 11) is 1.71. The lowest BCUT2D eigenvalue weighted by molar-refractivity contribution is 0.0769. The minimum atomic E-state index is -0.241. The maximum Gasteiger partial charge on any atom is 0.274 e. The fraction of sp³-hybridized carbons (Fsp3) is 0.471. The number of hydrogen-bond donors (Lipinski definition) is 0. The summed E-state index contributed by atoms with van der Waals surface area (Å²) in [5.74, 6) is 1.88. The van der Waals surface area contributed by atoms with Crippen LogP contribution in [0.5, 0.6) is 0 Å². The van der Waals surface area contributed by atoms with Gasteiger partial charge in [-0.25, -0.2) is 9.97 Å². The molecular formula is C17H21ClN4O2. The Kier molecular flexibility index (Phi) is 5.04. The molecule has 0 aliphatic carbocycles. The molecule has 1 aliphatic heterocycles. The van der Waals surface area contributed by atoms with Gasteiger partial charge in [-0.15, -0.1) is 0 Å². The minimum absolute atomic E-state index is 0.234. The van der Waals surface area contributed by atoms with Crippen LogP contribution < -0.4 is 4.90 Å². The van der Waals surface area contributed by atoms with Gasteiger partial charge in [-0.3, -0.25) is 4.79 Å². The predicted molar refractivity (Wildman–Crippen MR) is 92.3 cm³/mol. The number of halogens is 1. The summed E-state index contributed by atoms with van der Waals surface area (Å²) in [4.78, 5) is 25.1. The summed E-state index contributed by atoms with van der Waals surface area (Å²) in [5, 5.41) is 0.267. The Morgan fingerprint density at radius 2 is 2.08 bits per heavy atom. The molecule has 0 spiro atoms. The Morgan fingerprint density at radius 1 is 1.33 bits per heavy atom. The Labute approximate surface area is 146 Å². The highest BCUT2D eigenvalue weighted by atomic mass is 35.5. The number of nitrogens with zero attached hydrogens (tertiary/aromatic N) is 4. The van der Waals surface area contributed by atoms with Crippen LogP contribution in [0.25, 0.3) is 0 Å². The van der Waals surface area contributed by atoms with Crippen molar-refractivity contribution in [1.29, 1.82) is 0 Å². The second kappa shape index (κ2) is 7.21. The van der Waals surface area contributed by atoms with E-state index in [0.717, 1.165) is 37.5 Å². The van der Waals surface area contributed by atoms with Crippen molar-refractivity contribution < 1.29 is 9.21 Å². The Balaban J connectivity index is 1.77. The SMILES string of the molecule is Cc1ccc(CN(C)C(=O)c2nc(N3CCCCC3)ncc2Cl)o1. The van der Waals surface area contributed by atoms with Gasteiger partial charge < -0.3 is 14.2 Å². The van der Waals surface area contributed by atoms with Gasteiger partial charge in [-0.2, -0.15) is 0 Å². The van der Waals surface area contributed by atoms with Crippen molar-refractivity contribution in [3.63, 3.8) is 0 Å². The number of carbonyl (C=O) groups excluding carboxylic acids is 1. The van der Waals surface area contributed by atoms with E-state index in [-0.39, 0.29) is 16.6 Å². The third-order valence-corrected chi connectivity index (χ3v) is 4.39. The van der Waals surface area contributed by atoms with E-state index < -0.39 is 0 Å². The number of piperidine rings is 1. The summed E-state index contributed by atoms with van der Waals surface area (Å²) in [6.07, 6.45) is 4.97. The predicted octanol–water partition coefficient (Wildman–Crippen LogP) is 3.29. The lowest BCUT2D eigenvalue weighted by atomic mass is 10.1. The average molecular weight is 349 g/mol. The van der Waals surface area contributed by atoms with E-state index >= 15 is 0 Å². The molecule has 128 valence electrons. The van der Waals surface area contributed by atoms with Crippen molar-refractivity contribution >= 4 is 23.5 Å². The number of amides is 1. The molecule has 1 saturated heterocycles. The molecular weight excluding hydrogens is 328 g/mol. The Hall–Kier alpha value is -2.08. The van der Waals surface area contributed by atoms with Gasteiger partial charge in [-0.1, -0.05) is 11.6 Å². The first kappa shape index (κ1) is 16.8. The largest absolute Gasteiger partial charge is 0.464 e. The molecule has 0 unspecified atom stereocenters. The summed E-state index contributed by atoms with van der Waals surface area (Å²) in [5.41, 5.74) is 0.234. The molecule has 0 bridgehead atoms. The molecule has 2 aromatic heterocycles. The highest BCUT2D eigenvalue weighted by Crippen LogP contribution is 2.21. The molecule has 3 heterocycles. The second-order valence-corrected chi connectivity index (χ2v) is 6.50. The molecule has 1 fully saturated rings. The molecule has 1 aliphatic rings. The third-order valence-electron chi connectivity index (χ3n) is 4.11. The second-order valence-electron chi connectivity index (χ2n) is 6.09. The van der Waals surface area contributed by atoms with Gasteiger partial charge in [0.25, 0.3) is 5.91 Å². The fourth-order valence-corrected chi connectivity index (χ4v) is 2.98. The molecule has 0 atom stereocenters. The monoisotopic (exact) mass is 348 g/mol. The Morgan fingerprint density at radius 3 is 2.75 bits per heavy atom. The maximum atomic E-state index is 12.7. The topological polar surface area (TPSA) is 62.5 Å². The van der Waals surface area contributed by atoms with Crippen molar-refractivity contribution in [2.75, 3.05) is 25.0 Å². The number of carbonyl (C=O) groups is 1. The van der Waals surface area contributed by atoms with Crippen LogP contribution in [0.2, 0.25) is 5.02 Å². The van der Waals surface area contributed by atoms with Gasteiger partial charge in [0, 0.05) is 20.1 Å². The maximum absolute atomic E-state index is 12.7. The number of anilines is 1. The van der Waals surface area contributed by atoms with Crippen LogP contribution in [-0.2, 0) is 6.54 Å². The van der Waals surface area contributed by atoms with Gasteiger partial charge in [0.1, 0.15) is 11.5 Å². The molecule has 2 aromatic rings. The van der Waals surface area contributed by atoms with E-state index in [1.807, 2.05) is 19.1 Å². The molecule has 0 radical (unpaired) electrons. The molecule has 0 saturated carbocycles. The van der Waals surface area contributed by atoms with Gasteiger partial charge in [-0.05, 0) is 38.3 Å². The molecule has 1 amide bonds. The van der Waals surface area contributed by atoms with E-state index in [9.17, 15) is 4.79 Å². The van der Waals surface area contributed by atoms with E-state index in [1.54, 1.807) is 11.9 Å². The van der Waals surface area contributed by atoms with Gasteiger partial charge in [0.15, 0.2) is 5.69 Å².